The lowest BCUT2D eigenvalue weighted by Gasteiger charge is -2.21. The Balaban J connectivity index is 1.39. The predicted octanol–water partition coefficient (Wildman–Crippen LogP) is 1.69. The second-order valence-electron chi connectivity index (χ2n) is 6.65. The molecule has 2 fully saturated rings. The van der Waals surface area contributed by atoms with Crippen molar-refractivity contribution in [3.63, 3.8) is 0 Å². The molecule has 1 saturated heterocycles. The third-order valence-corrected chi connectivity index (χ3v) is 4.58. The normalized spacial score (nSPS) is 25.9. The Morgan fingerprint density at radius 1 is 1.50 bits per heavy atom. The number of aryl methyl sites for hydroxylation is 1. The summed E-state index contributed by atoms with van der Waals surface area (Å²) in [5.74, 6) is 2.03. The average molecular weight is 306 g/mol. The quantitative estimate of drug-likeness (QED) is 0.840. The zero-order valence-corrected chi connectivity index (χ0v) is 13.4. The zero-order chi connectivity index (χ0) is 15.5. The second kappa shape index (κ2) is 6.69. The van der Waals surface area contributed by atoms with Gasteiger partial charge >= 0.3 is 6.03 Å². The number of ether oxygens (including phenoxy) is 1. The van der Waals surface area contributed by atoms with Crippen molar-refractivity contribution in [3.8, 4) is 0 Å². The van der Waals surface area contributed by atoms with E-state index in [1.54, 1.807) is 6.20 Å². The van der Waals surface area contributed by atoms with E-state index in [4.69, 9.17) is 4.74 Å². The van der Waals surface area contributed by atoms with E-state index in [1.165, 1.54) is 12.8 Å². The van der Waals surface area contributed by atoms with Crippen LogP contribution in [0.3, 0.4) is 0 Å². The summed E-state index contributed by atoms with van der Waals surface area (Å²) < 4.78 is 7.86. The van der Waals surface area contributed by atoms with Crippen LogP contribution in [0.5, 0.6) is 0 Å². The van der Waals surface area contributed by atoms with E-state index in [0.717, 1.165) is 25.4 Å². The standard InChI is InChI=1S/C16H26N4O2/c1-11(10-20-7-6-17-12(20)2)9-18-16(21)19-14-5-8-22-15(14)13-3-4-13/h6-7,11,13-15H,3-5,8-10H2,1-2H3,(H2,18,19,21). The Morgan fingerprint density at radius 3 is 3.00 bits per heavy atom. The molecule has 0 bridgehead atoms. The Labute approximate surface area is 131 Å². The topological polar surface area (TPSA) is 68.2 Å². The van der Waals surface area contributed by atoms with Crippen LogP contribution in [0.15, 0.2) is 12.4 Å². The molecule has 0 aromatic carbocycles. The SMILES string of the molecule is Cc1nccn1CC(C)CNC(=O)NC1CCOC1C1CC1. The monoisotopic (exact) mass is 306 g/mol. The zero-order valence-electron chi connectivity index (χ0n) is 13.4. The molecule has 1 aliphatic carbocycles. The van der Waals surface area contributed by atoms with Gasteiger partial charge in [-0.2, -0.15) is 0 Å². The molecule has 1 saturated carbocycles. The Kier molecular flexibility index (Phi) is 4.66. The molecule has 122 valence electrons. The Hall–Kier alpha value is -1.56. The van der Waals surface area contributed by atoms with E-state index in [2.05, 4.69) is 27.1 Å². The first-order valence-corrected chi connectivity index (χ1v) is 8.27. The van der Waals surface area contributed by atoms with Gasteiger partial charge in [-0.3, -0.25) is 0 Å². The molecule has 2 aliphatic rings. The molecule has 0 radical (unpaired) electrons. The van der Waals surface area contributed by atoms with Gasteiger partial charge < -0.3 is 19.9 Å². The van der Waals surface area contributed by atoms with Crippen molar-refractivity contribution in [2.45, 2.75) is 51.8 Å². The van der Waals surface area contributed by atoms with Crippen molar-refractivity contribution >= 4 is 6.03 Å². The van der Waals surface area contributed by atoms with Gasteiger partial charge in [-0.1, -0.05) is 6.92 Å². The summed E-state index contributed by atoms with van der Waals surface area (Å²) in [5.41, 5.74) is 0. The van der Waals surface area contributed by atoms with E-state index in [0.29, 0.717) is 18.4 Å². The molecule has 0 spiro atoms. The van der Waals surface area contributed by atoms with Crippen molar-refractivity contribution in [2.75, 3.05) is 13.2 Å². The summed E-state index contributed by atoms with van der Waals surface area (Å²) in [6, 6.07) is 0.106. The summed E-state index contributed by atoms with van der Waals surface area (Å²) in [5, 5.41) is 6.06. The van der Waals surface area contributed by atoms with Gasteiger partial charge in [-0.05, 0) is 38.0 Å². The summed E-state index contributed by atoms with van der Waals surface area (Å²) in [6.07, 6.45) is 7.43. The highest BCUT2D eigenvalue weighted by Gasteiger charge is 2.41. The van der Waals surface area contributed by atoms with Crippen LogP contribution in [-0.2, 0) is 11.3 Å². The lowest BCUT2D eigenvalue weighted by Crippen LogP contribution is -2.47. The molecular weight excluding hydrogens is 280 g/mol. The van der Waals surface area contributed by atoms with E-state index in [9.17, 15) is 4.79 Å². The number of amides is 2. The van der Waals surface area contributed by atoms with Gasteiger partial charge in [-0.25, -0.2) is 9.78 Å². The van der Waals surface area contributed by atoms with Crippen LogP contribution in [0, 0.1) is 18.8 Å². The minimum absolute atomic E-state index is 0.0737. The van der Waals surface area contributed by atoms with Crippen LogP contribution >= 0.6 is 0 Å². The maximum Gasteiger partial charge on any atom is 0.315 e. The molecule has 2 N–H and O–H groups in total. The van der Waals surface area contributed by atoms with Crippen LogP contribution in [-0.4, -0.2) is 40.9 Å². The lowest BCUT2D eigenvalue weighted by molar-refractivity contribution is 0.0824. The first kappa shape index (κ1) is 15.3. The first-order valence-electron chi connectivity index (χ1n) is 8.27. The van der Waals surface area contributed by atoms with Gasteiger partial charge in [0.2, 0.25) is 0 Å². The summed E-state index contributed by atoms with van der Waals surface area (Å²) >= 11 is 0. The Morgan fingerprint density at radius 2 is 2.32 bits per heavy atom. The highest BCUT2D eigenvalue weighted by atomic mass is 16.5. The first-order chi connectivity index (χ1) is 10.6. The second-order valence-corrected chi connectivity index (χ2v) is 6.65. The molecule has 1 aliphatic heterocycles. The molecule has 6 heteroatoms. The predicted molar refractivity (Wildman–Crippen MR) is 83.5 cm³/mol. The van der Waals surface area contributed by atoms with E-state index >= 15 is 0 Å². The summed E-state index contributed by atoms with van der Waals surface area (Å²) in [7, 11) is 0. The molecule has 6 nitrogen and oxygen atoms in total. The van der Waals surface area contributed by atoms with Gasteiger partial charge in [0.25, 0.3) is 0 Å². The molecule has 2 heterocycles. The molecule has 3 rings (SSSR count). The maximum atomic E-state index is 12.1. The largest absolute Gasteiger partial charge is 0.376 e. The number of aromatic nitrogens is 2. The number of carbonyl (C=O) groups excluding carboxylic acids is 1. The number of urea groups is 1. The number of hydrogen-bond acceptors (Lipinski definition) is 3. The van der Waals surface area contributed by atoms with Crippen LogP contribution in [0.1, 0.15) is 32.0 Å². The fraction of sp³-hybridized carbons (Fsp3) is 0.750. The lowest BCUT2D eigenvalue weighted by atomic mass is 10.1. The number of nitrogens with zero attached hydrogens (tertiary/aromatic N) is 2. The van der Waals surface area contributed by atoms with Crippen molar-refractivity contribution in [2.24, 2.45) is 11.8 Å². The van der Waals surface area contributed by atoms with Crippen molar-refractivity contribution in [1.29, 1.82) is 0 Å². The average Bonchev–Trinajstić information content (AvgIpc) is 3.11. The third-order valence-electron chi connectivity index (χ3n) is 4.58. The Bertz CT molecular complexity index is 512. The van der Waals surface area contributed by atoms with Crippen LogP contribution in [0.4, 0.5) is 4.79 Å². The van der Waals surface area contributed by atoms with Gasteiger partial charge in [0.05, 0.1) is 12.1 Å². The van der Waals surface area contributed by atoms with Gasteiger partial charge in [0, 0.05) is 32.1 Å². The molecule has 3 atom stereocenters. The summed E-state index contributed by atoms with van der Waals surface area (Å²) in [4.78, 5) is 16.3. The van der Waals surface area contributed by atoms with Gasteiger partial charge in [0.1, 0.15) is 5.82 Å². The third kappa shape index (κ3) is 3.80. The molecule has 3 unspecified atom stereocenters. The summed E-state index contributed by atoms with van der Waals surface area (Å²) in [6.45, 7) is 6.41. The molecule has 22 heavy (non-hydrogen) atoms. The van der Waals surface area contributed by atoms with E-state index in [1.807, 2.05) is 13.1 Å². The van der Waals surface area contributed by atoms with Gasteiger partial charge in [0.15, 0.2) is 0 Å². The van der Waals surface area contributed by atoms with Crippen molar-refractivity contribution in [3.05, 3.63) is 18.2 Å². The highest BCUT2D eigenvalue weighted by Crippen LogP contribution is 2.38. The number of rotatable bonds is 6. The maximum absolute atomic E-state index is 12.1. The molecule has 2 amide bonds. The minimum atomic E-state index is -0.0737. The van der Waals surface area contributed by atoms with Crippen LogP contribution in [0.2, 0.25) is 0 Å². The fourth-order valence-corrected chi connectivity index (χ4v) is 3.14. The highest BCUT2D eigenvalue weighted by molar-refractivity contribution is 5.74. The molecule has 1 aromatic rings. The molecule has 1 aromatic heterocycles. The van der Waals surface area contributed by atoms with Crippen LogP contribution < -0.4 is 10.6 Å². The van der Waals surface area contributed by atoms with Gasteiger partial charge in [-0.15, -0.1) is 0 Å². The van der Waals surface area contributed by atoms with Crippen LogP contribution in [0.25, 0.3) is 0 Å². The van der Waals surface area contributed by atoms with Crippen molar-refractivity contribution in [1.82, 2.24) is 20.2 Å². The number of hydrogen-bond donors (Lipinski definition) is 2. The number of imidazole rings is 1. The number of nitrogens with one attached hydrogen (secondary N) is 2. The minimum Gasteiger partial charge on any atom is -0.376 e. The van der Waals surface area contributed by atoms with E-state index in [-0.39, 0.29) is 18.2 Å². The van der Waals surface area contributed by atoms with E-state index < -0.39 is 0 Å². The smallest absolute Gasteiger partial charge is 0.315 e. The fourth-order valence-electron chi connectivity index (χ4n) is 3.14. The molecular formula is C16H26N4O2. The number of carbonyl (C=O) groups is 1. The van der Waals surface area contributed by atoms with Crippen molar-refractivity contribution < 1.29 is 9.53 Å².